The van der Waals surface area contributed by atoms with Crippen molar-refractivity contribution in [1.29, 1.82) is 0 Å². The minimum atomic E-state index is -0.718. The number of esters is 1. The van der Waals surface area contributed by atoms with Gasteiger partial charge in [0.05, 0.1) is 11.3 Å². The summed E-state index contributed by atoms with van der Waals surface area (Å²) in [4.78, 5) is 35.3. The van der Waals surface area contributed by atoms with Gasteiger partial charge < -0.3 is 9.47 Å². The Morgan fingerprint density at radius 2 is 1.72 bits per heavy atom. The number of para-hydroxylation sites is 1. The van der Waals surface area contributed by atoms with Crippen LogP contribution in [-0.2, 0) is 4.74 Å². The maximum Gasteiger partial charge on any atom is 0.412 e. The lowest BCUT2D eigenvalue weighted by Crippen LogP contribution is -2.27. The minimum absolute atomic E-state index is 0.173. The van der Waals surface area contributed by atoms with Crippen molar-refractivity contribution in [3.63, 3.8) is 0 Å². The van der Waals surface area contributed by atoms with Gasteiger partial charge in [-0.2, -0.15) is 0 Å². The molecule has 0 bridgehead atoms. The number of aldehydes is 1. The van der Waals surface area contributed by atoms with Crippen LogP contribution in [0.5, 0.6) is 5.75 Å². The van der Waals surface area contributed by atoms with E-state index in [1.54, 1.807) is 51.1 Å². The molecule has 0 aromatic heterocycles. The third-order valence-corrected chi connectivity index (χ3v) is 3.01. The summed E-state index contributed by atoms with van der Waals surface area (Å²) in [6.07, 6.45) is -0.136. The monoisotopic (exact) mass is 341 g/mol. The maximum absolute atomic E-state index is 12.2. The molecule has 0 atom stereocenters. The molecule has 0 unspecified atom stereocenters. The van der Waals surface area contributed by atoms with Crippen molar-refractivity contribution >= 4 is 24.0 Å². The van der Waals surface area contributed by atoms with Gasteiger partial charge in [0.2, 0.25) is 0 Å². The van der Waals surface area contributed by atoms with Crippen LogP contribution in [0.1, 0.15) is 41.5 Å². The van der Waals surface area contributed by atoms with E-state index in [0.29, 0.717) is 12.0 Å². The number of carbonyl (C=O) groups excluding carboxylic acids is 3. The number of anilines is 1. The van der Waals surface area contributed by atoms with Crippen molar-refractivity contribution in [3.8, 4) is 5.75 Å². The van der Waals surface area contributed by atoms with Gasteiger partial charge in [-0.25, -0.2) is 9.59 Å². The van der Waals surface area contributed by atoms with E-state index in [4.69, 9.17) is 9.47 Å². The molecule has 0 spiro atoms. The Balaban J connectivity index is 2.19. The van der Waals surface area contributed by atoms with Crippen molar-refractivity contribution in [2.24, 2.45) is 0 Å². The summed E-state index contributed by atoms with van der Waals surface area (Å²) < 4.78 is 10.4. The van der Waals surface area contributed by atoms with E-state index in [9.17, 15) is 14.4 Å². The summed E-state index contributed by atoms with van der Waals surface area (Å²) in [6.45, 7) is 5.17. The summed E-state index contributed by atoms with van der Waals surface area (Å²) in [5, 5.41) is 2.48. The fourth-order valence-corrected chi connectivity index (χ4v) is 1.96. The van der Waals surface area contributed by atoms with Gasteiger partial charge >= 0.3 is 12.1 Å². The molecule has 1 amide bonds. The molecule has 2 aromatic rings. The van der Waals surface area contributed by atoms with Gasteiger partial charge in [0.1, 0.15) is 11.4 Å². The zero-order chi connectivity index (χ0) is 18.4. The molecule has 0 heterocycles. The Morgan fingerprint density at radius 3 is 2.32 bits per heavy atom. The summed E-state index contributed by atoms with van der Waals surface area (Å²) in [6, 6.07) is 12.9. The third kappa shape index (κ3) is 5.46. The molecule has 0 aliphatic rings. The number of hydrogen-bond acceptors (Lipinski definition) is 5. The molecular weight excluding hydrogens is 322 g/mol. The number of hydrogen-bond donors (Lipinski definition) is 1. The lowest BCUT2D eigenvalue weighted by molar-refractivity contribution is 0.0634. The molecule has 6 nitrogen and oxygen atoms in total. The van der Waals surface area contributed by atoms with E-state index >= 15 is 0 Å². The number of carbonyl (C=O) groups is 3. The van der Waals surface area contributed by atoms with Gasteiger partial charge in [-0.1, -0.05) is 18.2 Å². The molecular formula is C19H19NO5. The van der Waals surface area contributed by atoms with Crippen LogP contribution < -0.4 is 10.1 Å². The largest absolute Gasteiger partial charge is 0.444 e. The van der Waals surface area contributed by atoms with E-state index in [1.807, 2.05) is 0 Å². The lowest BCUT2D eigenvalue weighted by atomic mass is 10.1. The Bertz CT molecular complexity index is 778. The Labute approximate surface area is 145 Å². The molecule has 2 aromatic carbocycles. The van der Waals surface area contributed by atoms with E-state index < -0.39 is 17.7 Å². The highest BCUT2D eigenvalue weighted by atomic mass is 16.6. The van der Waals surface area contributed by atoms with Gasteiger partial charge in [0.25, 0.3) is 0 Å². The first-order chi connectivity index (χ1) is 11.8. The second-order valence-corrected chi connectivity index (χ2v) is 6.25. The van der Waals surface area contributed by atoms with Gasteiger partial charge in [-0.15, -0.1) is 0 Å². The standard InChI is InChI=1S/C19H19NO5/c1-19(2,3)25-18(23)20-16-11-13(9-10-14(16)12-21)17(22)24-15-7-5-4-6-8-15/h4-12H,1-3H3,(H,20,23). The van der Waals surface area contributed by atoms with E-state index in [1.165, 1.54) is 18.2 Å². The van der Waals surface area contributed by atoms with Gasteiger partial charge in [0.15, 0.2) is 6.29 Å². The van der Waals surface area contributed by atoms with Crippen LogP contribution >= 0.6 is 0 Å². The molecule has 2 rings (SSSR count). The molecule has 0 saturated carbocycles. The molecule has 0 fully saturated rings. The Kier molecular flexibility index (Phi) is 5.54. The number of amides is 1. The van der Waals surface area contributed by atoms with Gasteiger partial charge in [-0.3, -0.25) is 10.1 Å². The van der Waals surface area contributed by atoms with Crippen LogP contribution in [0.3, 0.4) is 0 Å². The highest BCUT2D eigenvalue weighted by Crippen LogP contribution is 2.20. The van der Waals surface area contributed by atoms with E-state index in [-0.39, 0.29) is 16.8 Å². The van der Waals surface area contributed by atoms with Crippen LogP contribution in [-0.4, -0.2) is 23.9 Å². The van der Waals surface area contributed by atoms with Crippen molar-refractivity contribution in [2.75, 3.05) is 5.32 Å². The minimum Gasteiger partial charge on any atom is -0.444 e. The molecule has 0 radical (unpaired) electrons. The normalized spacial score (nSPS) is 10.7. The molecule has 0 aliphatic carbocycles. The van der Waals surface area contributed by atoms with Crippen molar-refractivity contribution in [2.45, 2.75) is 26.4 Å². The van der Waals surface area contributed by atoms with Crippen molar-refractivity contribution < 1.29 is 23.9 Å². The number of benzene rings is 2. The maximum atomic E-state index is 12.2. The van der Waals surface area contributed by atoms with Crippen molar-refractivity contribution in [3.05, 3.63) is 59.7 Å². The molecule has 0 saturated heterocycles. The van der Waals surface area contributed by atoms with Crippen LogP contribution in [0.4, 0.5) is 10.5 Å². The smallest absolute Gasteiger partial charge is 0.412 e. The fourth-order valence-electron chi connectivity index (χ4n) is 1.96. The molecule has 0 aliphatic heterocycles. The van der Waals surface area contributed by atoms with E-state index in [2.05, 4.69) is 5.32 Å². The van der Waals surface area contributed by atoms with Gasteiger partial charge in [-0.05, 0) is 51.1 Å². The van der Waals surface area contributed by atoms with E-state index in [0.717, 1.165) is 0 Å². The average Bonchev–Trinajstić information content (AvgIpc) is 2.54. The first-order valence-corrected chi connectivity index (χ1v) is 7.65. The van der Waals surface area contributed by atoms with Crippen LogP contribution in [0, 0.1) is 0 Å². The highest BCUT2D eigenvalue weighted by molar-refractivity contribution is 5.98. The first-order valence-electron chi connectivity index (χ1n) is 7.65. The highest BCUT2D eigenvalue weighted by Gasteiger charge is 2.18. The average molecular weight is 341 g/mol. The summed E-state index contributed by atoms with van der Waals surface area (Å²) >= 11 is 0. The predicted molar refractivity (Wildman–Crippen MR) is 93.1 cm³/mol. The third-order valence-electron chi connectivity index (χ3n) is 3.01. The lowest BCUT2D eigenvalue weighted by Gasteiger charge is -2.20. The SMILES string of the molecule is CC(C)(C)OC(=O)Nc1cc(C(=O)Oc2ccccc2)ccc1C=O. The number of ether oxygens (including phenoxy) is 2. The zero-order valence-electron chi connectivity index (χ0n) is 14.2. The number of nitrogens with one attached hydrogen (secondary N) is 1. The van der Waals surface area contributed by atoms with Crippen LogP contribution in [0.15, 0.2) is 48.5 Å². The molecule has 1 N–H and O–H groups in total. The number of rotatable bonds is 4. The fraction of sp³-hybridized carbons (Fsp3) is 0.211. The summed E-state index contributed by atoms with van der Waals surface area (Å²) in [5.74, 6) is -0.204. The Hall–Kier alpha value is -3.15. The molecule has 6 heteroatoms. The first kappa shape index (κ1) is 18.2. The zero-order valence-corrected chi connectivity index (χ0v) is 14.2. The van der Waals surface area contributed by atoms with Crippen LogP contribution in [0.2, 0.25) is 0 Å². The predicted octanol–water partition coefficient (Wildman–Crippen LogP) is 4.07. The topological polar surface area (TPSA) is 81.7 Å². The molecule has 130 valence electrons. The van der Waals surface area contributed by atoms with Crippen LogP contribution in [0.25, 0.3) is 0 Å². The molecule has 25 heavy (non-hydrogen) atoms. The second kappa shape index (κ2) is 7.61. The summed E-state index contributed by atoms with van der Waals surface area (Å²) in [7, 11) is 0. The second-order valence-electron chi connectivity index (χ2n) is 6.25. The Morgan fingerprint density at radius 1 is 1.04 bits per heavy atom. The van der Waals surface area contributed by atoms with Crippen molar-refractivity contribution in [1.82, 2.24) is 0 Å². The van der Waals surface area contributed by atoms with Gasteiger partial charge in [0, 0.05) is 5.56 Å². The quantitative estimate of drug-likeness (QED) is 0.515. The summed E-state index contributed by atoms with van der Waals surface area (Å²) in [5.41, 5.74) is -0.0932.